The van der Waals surface area contributed by atoms with Gasteiger partial charge in [-0.15, -0.1) is 11.3 Å². The van der Waals surface area contributed by atoms with Crippen molar-refractivity contribution in [3.63, 3.8) is 0 Å². The minimum atomic E-state index is -0.446. The summed E-state index contributed by atoms with van der Waals surface area (Å²) < 4.78 is 0. The van der Waals surface area contributed by atoms with Gasteiger partial charge in [-0.3, -0.25) is 14.9 Å². The van der Waals surface area contributed by atoms with Crippen molar-refractivity contribution in [1.82, 2.24) is 4.98 Å². The Bertz CT molecular complexity index is 741. The Morgan fingerprint density at radius 2 is 2.33 bits per heavy atom. The maximum Gasteiger partial charge on any atom is 0.292 e. The van der Waals surface area contributed by atoms with Gasteiger partial charge < -0.3 is 10.6 Å². The first-order valence-electron chi connectivity index (χ1n) is 6.29. The zero-order valence-corrected chi connectivity index (χ0v) is 12.0. The van der Waals surface area contributed by atoms with Crippen LogP contribution >= 0.6 is 11.3 Å². The van der Waals surface area contributed by atoms with E-state index in [4.69, 9.17) is 0 Å². The molecular formula is C13H12N4O3S. The van der Waals surface area contributed by atoms with Crippen molar-refractivity contribution < 1.29 is 9.72 Å². The third-order valence-electron chi connectivity index (χ3n) is 3.14. The maximum absolute atomic E-state index is 11.4. The predicted octanol–water partition coefficient (Wildman–Crippen LogP) is 2.47. The zero-order chi connectivity index (χ0) is 15.0. The second-order valence-electron chi connectivity index (χ2n) is 4.73. The van der Waals surface area contributed by atoms with Crippen molar-refractivity contribution in [2.75, 3.05) is 10.6 Å². The molecule has 2 heterocycles. The van der Waals surface area contributed by atoms with Crippen LogP contribution in [0, 0.1) is 17.0 Å². The SMILES string of the molecule is Cc1cnc(CNc2cc3c(cc2[N+](=O)[O-])CC(=O)N3)s1. The quantitative estimate of drug-likeness (QED) is 0.668. The Morgan fingerprint density at radius 3 is 3.00 bits per heavy atom. The van der Waals surface area contributed by atoms with E-state index in [-0.39, 0.29) is 18.0 Å². The predicted molar refractivity (Wildman–Crippen MR) is 79.6 cm³/mol. The highest BCUT2D eigenvalue weighted by Crippen LogP contribution is 2.34. The number of nitro benzene ring substituents is 1. The van der Waals surface area contributed by atoms with Crippen molar-refractivity contribution in [3.05, 3.63) is 43.9 Å². The van der Waals surface area contributed by atoms with Crippen LogP contribution in [0.3, 0.4) is 0 Å². The molecule has 0 atom stereocenters. The monoisotopic (exact) mass is 304 g/mol. The molecule has 0 saturated carbocycles. The van der Waals surface area contributed by atoms with E-state index in [1.807, 2.05) is 6.92 Å². The molecule has 1 amide bonds. The van der Waals surface area contributed by atoms with Gasteiger partial charge in [-0.25, -0.2) is 4.98 Å². The minimum absolute atomic E-state index is 0.0291. The fraction of sp³-hybridized carbons (Fsp3) is 0.231. The lowest BCUT2D eigenvalue weighted by molar-refractivity contribution is -0.384. The number of aromatic nitrogens is 1. The average molecular weight is 304 g/mol. The van der Waals surface area contributed by atoms with Crippen molar-refractivity contribution in [1.29, 1.82) is 0 Å². The summed E-state index contributed by atoms with van der Waals surface area (Å²) in [6.07, 6.45) is 1.95. The highest BCUT2D eigenvalue weighted by atomic mass is 32.1. The fourth-order valence-electron chi connectivity index (χ4n) is 2.21. The number of fused-ring (bicyclic) bond motifs is 1. The Morgan fingerprint density at radius 1 is 1.52 bits per heavy atom. The number of nitrogens with zero attached hydrogens (tertiary/aromatic N) is 2. The molecule has 1 aromatic carbocycles. The van der Waals surface area contributed by atoms with E-state index >= 15 is 0 Å². The summed E-state index contributed by atoms with van der Waals surface area (Å²) in [6.45, 7) is 2.36. The Hall–Kier alpha value is -2.48. The number of hydrogen-bond acceptors (Lipinski definition) is 6. The Labute approximate surface area is 124 Å². The molecule has 0 saturated heterocycles. The topological polar surface area (TPSA) is 97.2 Å². The van der Waals surface area contributed by atoms with Gasteiger partial charge >= 0.3 is 0 Å². The van der Waals surface area contributed by atoms with Gasteiger partial charge in [0, 0.05) is 22.8 Å². The van der Waals surface area contributed by atoms with Crippen LogP contribution in [-0.4, -0.2) is 15.8 Å². The van der Waals surface area contributed by atoms with E-state index in [0.717, 1.165) is 9.88 Å². The van der Waals surface area contributed by atoms with Gasteiger partial charge in [0.05, 0.1) is 17.9 Å². The van der Waals surface area contributed by atoms with E-state index in [2.05, 4.69) is 15.6 Å². The third-order valence-corrected chi connectivity index (χ3v) is 4.06. The highest BCUT2D eigenvalue weighted by Gasteiger charge is 2.24. The number of nitrogens with one attached hydrogen (secondary N) is 2. The summed E-state index contributed by atoms with van der Waals surface area (Å²) in [5.41, 5.74) is 1.64. The van der Waals surface area contributed by atoms with Crippen LogP contribution in [0.1, 0.15) is 15.4 Å². The number of amides is 1. The molecule has 108 valence electrons. The lowest BCUT2D eigenvalue weighted by Crippen LogP contribution is -2.04. The number of benzene rings is 1. The van der Waals surface area contributed by atoms with Gasteiger partial charge in [0.15, 0.2) is 0 Å². The third kappa shape index (κ3) is 2.70. The second kappa shape index (κ2) is 5.13. The molecule has 1 aliphatic heterocycles. The van der Waals surface area contributed by atoms with Crippen LogP contribution in [-0.2, 0) is 17.8 Å². The van der Waals surface area contributed by atoms with Crippen molar-refractivity contribution in [3.8, 4) is 0 Å². The zero-order valence-electron chi connectivity index (χ0n) is 11.2. The number of thiazole rings is 1. The van der Waals surface area contributed by atoms with Gasteiger partial charge in [-0.1, -0.05) is 0 Å². The molecule has 3 rings (SSSR count). The van der Waals surface area contributed by atoms with Crippen LogP contribution in [0.15, 0.2) is 18.3 Å². The molecule has 8 heteroatoms. The summed E-state index contributed by atoms with van der Waals surface area (Å²) in [4.78, 5) is 27.4. The Kier molecular flexibility index (Phi) is 3.30. The summed E-state index contributed by atoms with van der Waals surface area (Å²) >= 11 is 1.53. The number of nitro groups is 1. The fourth-order valence-corrected chi connectivity index (χ4v) is 2.93. The van der Waals surface area contributed by atoms with E-state index < -0.39 is 4.92 Å². The van der Waals surface area contributed by atoms with Crippen molar-refractivity contribution in [2.45, 2.75) is 19.9 Å². The minimum Gasteiger partial charge on any atom is -0.373 e. The summed E-state index contributed by atoms with van der Waals surface area (Å²) in [7, 11) is 0. The van der Waals surface area contributed by atoms with E-state index in [1.54, 1.807) is 12.3 Å². The maximum atomic E-state index is 11.4. The lowest BCUT2D eigenvalue weighted by Gasteiger charge is -2.08. The molecule has 0 radical (unpaired) electrons. The van der Waals surface area contributed by atoms with Crippen molar-refractivity contribution in [2.24, 2.45) is 0 Å². The molecule has 21 heavy (non-hydrogen) atoms. The summed E-state index contributed by atoms with van der Waals surface area (Å²) in [5, 5.41) is 17.7. The molecule has 1 aliphatic rings. The van der Waals surface area contributed by atoms with Gasteiger partial charge in [0.25, 0.3) is 5.69 Å². The molecule has 2 N–H and O–H groups in total. The number of aryl methyl sites for hydroxylation is 1. The van der Waals surface area contributed by atoms with E-state index in [9.17, 15) is 14.9 Å². The van der Waals surface area contributed by atoms with Crippen LogP contribution < -0.4 is 10.6 Å². The summed E-state index contributed by atoms with van der Waals surface area (Å²) in [5.74, 6) is -0.146. The Balaban J connectivity index is 1.88. The molecule has 0 fully saturated rings. The molecule has 0 unspecified atom stereocenters. The number of rotatable bonds is 4. The number of carbonyl (C=O) groups excluding carboxylic acids is 1. The van der Waals surface area contributed by atoms with E-state index in [1.165, 1.54) is 17.4 Å². The van der Waals surface area contributed by atoms with Gasteiger partial charge in [0.2, 0.25) is 5.91 Å². The molecule has 0 spiro atoms. The first kappa shape index (κ1) is 13.5. The highest BCUT2D eigenvalue weighted by molar-refractivity contribution is 7.11. The van der Waals surface area contributed by atoms with Crippen LogP contribution in [0.4, 0.5) is 17.1 Å². The molecule has 1 aromatic heterocycles. The van der Waals surface area contributed by atoms with Crippen molar-refractivity contribution >= 4 is 34.3 Å². The number of hydrogen-bond donors (Lipinski definition) is 2. The average Bonchev–Trinajstić information content (AvgIpc) is 2.99. The molecule has 7 nitrogen and oxygen atoms in total. The molecule has 2 aromatic rings. The molecule has 0 bridgehead atoms. The lowest BCUT2D eigenvalue weighted by atomic mass is 10.1. The van der Waals surface area contributed by atoms with Gasteiger partial charge in [0.1, 0.15) is 10.7 Å². The normalized spacial score (nSPS) is 12.9. The standard InChI is InChI=1S/C13H12N4O3S/c1-7-5-15-13(21-7)6-14-10-4-9-8(3-12(18)16-9)2-11(10)17(19)20/h2,4-5,14H,3,6H2,1H3,(H,16,18). The number of carbonyl (C=O) groups is 1. The first-order valence-corrected chi connectivity index (χ1v) is 7.11. The largest absolute Gasteiger partial charge is 0.373 e. The van der Waals surface area contributed by atoms with Gasteiger partial charge in [-0.05, 0) is 18.6 Å². The van der Waals surface area contributed by atoms with Crippen LogP contribution in [0.5, 0.6) is 0 Å². The van der Waals surface area contributed by atoms with E-state index in [0.29, 0.717) is 23.5 Å². The van der Waals surface area contributed by atoms with Crippen LogP contribution in [0.25, 0.3) is 0 Å². The van der Waals surface area contributed by atoms with Gasteiger partial charge in [-0.2, -0.15) is 0 Å². The first-order chi connectivity index (χ1) is 10.0. The second-order valence-corrected chi connectivity index (χ2v) is 6.05. The smallest absolute Gasteiger partial charge is 0.292 e. The van der Waals surface area contributed by atoms with Crippen LogP contribution in [0.2, 0.25) is 0 Å². The summed E-state index contributed by atoms with van der Waals surface area (Å²) in [6, 6.07) is 3.06. The molecular weight excluding hydrogens is 292 g/mol. The number of anilines is 2. The molecule has 0 aliphatic carbocycles.